The minimum atomic E-state index is 0.639. The summed E-state index contributed by atoms with van der Waals surface area (Å²) in [5, 5.41) is 6.87. The van der Waals surface area contributed by atoms with Crippen molar-refractivity contribution in [2.24, 2.45) is 0 Å². The topological polar surface area (TPSA) is 27.3 Å². The van der Waals surface area contributed by atoms with Crippen molar-refractivity contribution in [3.8, 4) is 0 Å². The van der Waals surface area contributed by atoms with Gasteiger partial charge in [-0.2, -0.15) is 0 Å². The summed E-state index contributed by atoms with van der Waals surface area (Å²) < 4.78 is 0. The van der Waals surface area contributed by atoms with Crippen LogP contribution in [0, 0.1) is 0 Å². The van der Waals surface area contributed by atoms with E-state index >= 15 is 0 Å². The summed E-state index contributed by atoms with van der Waals surface area (Å²) >= 11 is 0. The van der Waals surface area contributed by atoms with Gasteiger partial charge in [0.15, 0.2) is 0 Å². The quantitative estimate of drug-likeness (QED) is 0.518. The Morgan fingerprint density at radius 3 is 3.20 bits per heavy atom. The summed E-state index contributed by atoms with van der Waals surface area (Å²) in [4.78, 5) is 2.51. The molecule has 58 valence electrons. The van der Waals surface area contributed by atoms with Crippen molar-refractivity contribution in [1.29, 1.82) is 0 Å². The molecular formula is C7H15N3. The van der Waals surface area contributed by atoms with E-state index < -0.39 is 0 Å². The molecule has 3 nitrogen and oxygen atoms in total. The second-order valence-electron chi connectivity index (χ2n) is 3.11. The van der Waals surface area contributed by atoms with Gasteiger partial charge in [-0.1, -0.05) is 6.92 Å². The van der Waals surface area contributed by atoms with Gasteiger partial charge in [0.25, 0.3) is 0 Å². The molecule has 2 rings (SSSR count). The summed E-state index contributed by atoms with van der Waals surface area (Å²) in [5.41, 5.74) is 0. The second-order valence-corrected chi connectivity index (χ2v) is 3.11. The van der Waals surface area contributed by atoms with Crippen molar-refractivity contribution in [3.63, 3.8) is 0 Å². The van der Waals surface area contributed by atoms with E-state index in [0.717, 1.165) is 12.7 Å². The van der Waals surface area contributed by atoms with Crippen molar-refractivity contribution >= 4 is 0 Å². The Labute approximate surface area is 61.8 Å². The largest absolute Gasteiger partial charge is 0.303 e. The van der Waals surface area contributed by atoms with E-state index in [9.17, 15) is 0 Å². The van der Waals surface area contributed by atoms with Gasteiger partial charge in [-0.25, -0.2) is 0 Å². The van der Waals surface area contributed by atoms with Crippen molar-refractivity contribution in [3.05, 3.63) is 0 Å². The summed E-state index contributed by atoms with van der Waals surface area (Å²) in [6.45, 7) is 5.66. The highest BCUT2D eigenvalue weighted by Gasteiger charge is 2.34. The van der Waals surface area contributed by atoms with E-state index in [2.05, 4.69) is 22.5 Å². The fourth-order valence-electron chi connectivity index (χ4n) is 1.93. The molecule has 0 bridgehead atoms. The van der Waals surface area contributed by atoms with Crippen LogP contribution in [0.1, 0.15) is 13.3 Å². The molecule has 2 aliphatic rings. The van der Waals surface area contributed by atoms with Gasteiger partial charge in [0, 0.05) is 25.8 Å². The first-order chi connectivity index (χ1) is 4.92. The van der Waals surface area contributed by atoms with Gasteiger partial charge < -0.3 is 10.6 Å². The molecule has 2 saturated heterocycles. The van der Waals surface area contributed by atoms with Crippen LogP contribution in [0.15, 0.2) is 0 Å². The van der Waals surface area contributed by atoms with Crippen LogP contribution in [0.25, 0.3) is 0 Å². The number of rotatable bonds is 1. The van der Waals surface area contributed by atoms with Gasteiger partial charge in [-0.15, -0.1) is 0 Å². The van der Waals surface area contributed by atoms with Crippen LogP contribution in [0.5, 0.6) is 0 Å². The fourth-order valence-corrected chi connectivity index (χ4v) is 1.93. The third-order valence-corrected chi connectivity index (χ3v) is 2.52. The molecule has 2 fully saturated rings. The maximum Gasteiger partial charge on any atom is 0.0609 e. The summed E-state index contributed by atoms with van der Waals surface area (Å²) in [6, 6.07) is 0.768. The highest BCUT2D eigenvalue weighted by molar-refractivity contribution is 4.91. The standard InChI is InChI=1S/C7H15N3/c1-2-7-9-4-6-3-8-5-10(6)7/h6-9H,2-5H2,1H3. The van der Waals surface area contributed by atoms with E-state index in [4.69, 9.17) is 0 Å². The average molecular weight is 141 g/mol. The first-order valence-corrected chi connectivity index (χ1v) is 4.11. The first kappa shape index (κ1) is 6.58. The highest BCUT2D eigenvalue weighted by Crippen LogP contribution is 2.15. The number of nitrogens with one attached hydrogen (secondary N) is 2. The molecule has 2 N–H and O–H groups in total. The fraction of sp³-hybridized carbons (Fsp3) is 1.00. The molecule has 0 aromatic rings. The van der Waals surface area contributed by atoms with E-state index in [1.807, 2.05) is 0 Å². The Morgan fingerprint density at radius 1 is 1.50 bits per heavy atom. The molecule has 0 saturated carbocycles. The van der Waals surface area contributed by atoms with Gasteiger partial charge in [0.2, 0.25) is 0 Å². The summed E-state index contributed by atoms with van der Waals surface area (Å²) in [6.07, 6.45) is 1.86. The zero-order valence-corrected chi connectivity index (χ0v) is 6.43. The Kier molecular flexibility index (Phi) is 1.64. The normalized spacial score (nSPS) is 40.5. The summed E-state index contributed by atoms with van der Waals surface area (Å²) in [5.74, 6) is 0. The molecule has 2 atom stereocenters. The predicted molar refractivity (Wildman–Crippen MR) is 40.6 cm³/mol. The Balaban J connectivity index is 2.01. The monoisotopic (exact) mass is 141 g/mol. The van der Waals surface area contributed by atoms with Gasteiger partial charge in [0.1, 0.15) is 0 Å². The second kappa shape index (κ2) is 2.49. The van der Waals surface area contributed by atoms with E-state index in [1.54, 1.807) is 0 Å². The molecule has 0 amide bonds. The molecule has 0 spiro atoms. The molecule has 3 heteroatoms. The molecule has 0 radical (unpaired) electrons. The van der Waals surface area contributed by atoms with Crippen LogP contribution in [0.3, 0.4) is 0 Å². The molecule has 2 unspecified atom stereocenters. The highest BCUT2D eigenvalue weighted by atomic mass is 15.4. The number of hydrogen-bond donors (Lipinski definition) is 2. The average Bonchev–Trinajstić information content (AvgIpc) is 2.44. The van der Waals surface area contributed by atoms with Crippen LogP contribution in [0.4, 0.5) is 0 Å². The molecule has 2 aliphatic heterocycles. The smallest absolute Gasteiger partial charge is 0.0609 e. The van der Waals surface area contributed by atoms with Crippen molar-refractivity contribution in [1.82, 2.24) is 15.5 Å². The third kappa shape index (κ3) is 0.856. The molecule has 0 aromatic carbocycles. The molecule has 0 aromatic heterocycles. The molecule has 2 heterocycles. The number of nitrogens with zero attached hydrogens (tertiary/aromatic N) is 1. The SMILES string of the molecule is CCC1NCC2CNCN21. The van der Waals surface area contributed by atoms with Crippen molar-refractivity contribution in [2.45, 2.75) is 25.6 Å². The first-order valence-electron chi connectivity index (χ1n) is 4.11. The zero-order chi connectivity index (χ0) is 6.97. The van der Waals surface area contributed by atoms with Gasteiger partial charge in [0.05, 0.1) is 6.17 Å². The maximum absolute atomic E-state index is 3.49. The minimum absolute atomic E-state index is 0.639. The van der Waals surface area contributed by atoms with Gasteiger partial charge >= 0.3 is 0 Å². The van der Waals surface area contributed by atoms with E-state index in [-0.39, 0.29) is 0 Å². The van der Waals surface area contributed by atoms with Gasteiger partial charge in [-0.3, -0.25) is 4.90 Å². The van der Waals surface area contributed by atoms with Crippen LogP contribution in [-0.4, -0.2) is 36.9 Å². The Hall–Kier alpha value is -0.120. The number of hydrogen-bond acceptors (Lipinski definition) is 3. The van der Waals surface area contributed by atoms with Crippen LogP contribution >= 0.6 is 0 Å². The third-order valence-electron chi connectivity index (χ3n) is 2.52. The van der Waals surface area contributed by atoms with E-state index in [0.29, 0.717) is 6.17 Å². The lowest BCUT2D eigenvalue weighted by atomic mass is 10.3. The van der Waals surface area contributed by atoms with E-state index in [1.165, 1.54) is 19.5 Å². The lowest BCUT2D eigenvalue weighted by Crippen LogP contribution is -2.36. The Morgan fingerprint density at radius 2 is 2.40 bits per heavy atom. The molecule has 10 heavy (non-hydrogen) atoms. The lowest BCUT2D eigenvalue weighted by molar-refractivity contribution is 0.230. The minimum Gasteiger partial charge on any atom is -0.303 e. The molecular weight excluding hydrogens is 126 g/mol. The predicted octanol–water partition coefficient (Wildman–Crippen LogP) is -0.443. The van der Waals surface area contributed by atoms with Crippen LogP contribution in [0.2, 0.25) is 0 Å². The zero-order valence-electron chi connectivity index (χ0n) is 6.43. The maximum atomic E-state index is 3.49. The Bertz CT molecular complexity index is 126. The van der Waals surface area contributed by atoms with Crippen molar-refractivity contribution < 1.29 is 0 Å². The van der Waals surface area contributed by atoms with Gasteiger partial charge in [-0.05, 0) is 6.42 Å². The van der Waals surface area contributed by atoms with Crippen molar-refractivity contribution in [2.75, 3.05) is 19.8 Å². The molecule has 0 aliphatic carbocycles. The summed E-state index contributed by atoms with van der Waals surface area (Å²) in [7, 11) is 0. The number of fused-ring (bicyclic) bond motifs is 1. The lowest BCUT2D eigenvalue weighted by Gasteiger charge is -2.20. The van der Waals surface area contributed by atoms with Crippen LogP contribution in [-0.2, 0) is 0 Å². The van der Waals surface area contributed by atoms with Crippen LogP contribution < -0.4 is 10.6 Å².